The van der Waals surface area contributed by atoms with Gasteiger partial charge in [-0.1, -0.05) is 42.5 Å². The largest absolute Gasteiger partial charge is 0.454 e. The Morgan fingerprint density at radius 1 is 1.05 bits per heavy atom. The van der Waals surface area contributed by atoms with Crippen molar-refractivity contribution in [2.45, 2.75) is 6.42 Å². The van der Waals surface area contributed by atoms with E-state index in [9.17, 15) is 0 Å². The highest BCUT2D eigenvalue weighted by Crippen LogP contribution is 2.32. The first kappa shape index (κ1) is 12.9. The second-order valence-electron chi connectivity index (χ2n) is 4.56. The minimum absolute atomic E-state index is 0.285. The zero-order valence-electron chi connectivity index (χ0n) is 11.0. The lowest BCUT2D eigenvalue weighted by Gasteiger charge is -2.08. The summed E-state index contributed by atoms with van der Waals surface area (Å²) in [7, 11) is 0. The maximum atomic E-state index is 5.40. The third-order valence-electron chi connectivity index (χ3n) is 3.18. The highest BCUT2D eigenvalue weighted by Gasteiger charge is 2.14. The van der Waals surface area contributed by atoms with Gasteiger partial charge in [0.15, 0.2) is 11.5 Å². The third kappa shape index (κ3) is 2.91. The molecule has 0 saturated carbocycles. The zero-order valence-corrected chi connectivity index (χ0v) is 11.8. The second kappa shape index (κ2) is 5.92. The summed E-state index contributed by atoms with van der Waals surface area (Å²) in [5, 5.41) is 3.27. The molecule has 0 amide bonds. The Kier molecular flexibility index (Phi) is 3.83. The summed E-state index contributed by atoms with van der Waals surface area (Å²) in [6.45, 7) is 1.10. The molecule has 0 aliphatic carbocycles. The van der Waals surface area contributed by atoms with Crippen molar-refractivity contribution in [3.8, 4) is 11.5 Å². The number of nitrogens with one attached hydrogen (secondary N) is 1. The lowest BCUT2D eigenvalue weighted by atomic mass is 10.1. The van der Waals surface area contributed by atoms with Crippen LogP contribution in [0.4, 0.5) is 0 Å². The molecule has 3 rings (SSSR count). The highest BCUT2D eigenvalue weighted by molar-refractivity contribution is 7.80. The molecule has 0 atom stereocenters. The Bertz CT molecular complexity index is 613. The molecule has 1 heterocycles. The van der Waals surface area contributed by atoms with Crippen LogP contribution in [0.5, 0.6) is 11.5 Å². The van der Waals surface area contributed by atoms with Crippen molar-refractivity contribution < 1.29 is 9.47 Å². The number of thiocarbonyl (C=S) groups is 1. The van der Waals surface area contributed by atoms with Crippen molar-refractivity contribution in [1.82, 2.24) is 5.32 Å². The molecule has 0 saturated heterocycles. The van der Waals surface area contributed by atoms with E-state index >= 15 is 0 Å². The van der Waals surface area contributed by atoms with Crippen LogP contribution in [-0.4, -0.2) is 18.3 Å². The molecule has 4 heteroatoms. The summed E-state index contributed by atoms with van der Waals surface area (Å²) in [5.41, 5.74) is 2.26. The highest BCUT2D eigenvalue weighted by atomic mass is 32.1. The van der Waals surface area contributed by atoms with Gasteiger partial charge in [-0.25, -0.2) is 0 Å². The number of hydrogen-bond acceptors (Lipinski definition) is 3. The molecule has 102 valence electrons. The quantitative estimate of drug-likeness (QED) is 0.875. The molecule has 1 aliphatic rings. The smallest absolute Gasteiger partial charge is 0.231 e. The van der Waals surface area contributed by atoms with Crippen LogP contribution < -0.4 is 14.8 Å². The Labute approximate surface area is 123 Å². The fourth-order valence-corrected chi connectivity index (χ4v) is 2.33. The van der Waals surface area contributed by atoms with E-state index in [-0.39, 0.29) is 6.79 Å². The molecular weight excluding hydrogens is 270 g/mol. The summed E-state index contributed by atoms with van der Waals surface area (Å²) in [4.78, 5) is 0.735. The third-order valence-corrected chi connectivity index (χ3v) is 3.56. The molecule has 2 aromatic carbocycles. The molecular formula is C16H15NO2S. The Hall–Kier alpha value is -2.07. The molecule has 1 N–H and O–H groups in total. The van der Waals surface area contributed by atoms with Crippen molar-refractivity contribution in [2.24, 2.45) is 0 Å². The van der Waals surface area contributed by atoms with E-state index in [1.807, 2.05) is 36.4 Å². The predicted molar refractivity (Wildman–Crippen MR) is 82.4 cm³/mol. The van der Waals surface area contributed by atoms with E-state index in [4.69, 9.17) is 21.7 Å². The van der Waals surface area contributed by atoms with Crippen molar-refractivity contribution in [3.05, 3.63) is 59.7 Å². The summed E-state index contributed by atoms with van der Waals surface area (Å²) in [5.74, 6) is 1.54. The second-order valence-corrected chi connectivity index (χ2v) is 4.97. The maximum Gasteiger partial charge on any atom is 0.231 e. The van der Waals surface area contributed by atoms with Crippen LogP contribution in [-0.2, 0) is 6.42 Å². The van der Waals surface area contributed by atoms with E-state index < -0.39 is 0 Å². The number of rotatable bonds is 4. The Balaban J connectivity index is 1.57. The minimum atomic E-state index is 0.285. The van der Waals surface area contributed by atoms with Gasteiger partial charge in [0, 0.05) is 12.1 Å². The molecule has 20 heavy (non-hydrogen) atoms. The number of ether oxygens (including phenoxy) is 2. The standard InChI is InChI=1S/C16H15NO2S/c20-16(17-9-8-12-4-2-1-3-5-12)13-6-7-14-15(10-13)19-11-18-14/h1-7,10H,8-9,11H2,(H,17,20). The van der Waals surface area contributed by atoms with Crippen LogP contribution >= 0.6 is 12.2 Å². The van der Waals surface area contributed by atoms with E-state index in [1.165, 1.54) is 5.56 Å². The minimum Gasteiger partial charge on any atom is -0.454 e. The molecule has 0 aromatic heterocycles. The van der Waals surface area contributed by atoms with Gasteiger partial charge < -0.3 is 14.8 Å². The van der Waals surface area contributed by atoms with Gasteiger partial charge in [0.2, 0.25) is 6.79 Å². The first-order valence-electron chi connectivity index (χ1n) is 6.55. The Morgan fingerprint density at radius 3 is 2.70 bits per heavy atom. The SMILES string of the molecule is S=C(NCCc1ccccc1)c1ccc2c(c1)OCO2. The number of hydrogen-bond donors (Lipinski definition) is 1. The average molecular weight is 285 g/mol. The summed E-state index contributed by atoms with van der Waals surface area (Å²) >= 11 is 5.40. The average Bonchev–Trinajstić information content (AvgIpc) is 2.95. The van der Waals surface area contributed by atoms with E-state index in [1.54, 1.807) is 0 Å². The lowest BCUT2D eigenvalue weighted by molar-refractivity contribution is 0.174. The van der Waals surface area contributed by atoms with Gasteiger partial charge in [0.1, 0.15) is 4.99 Å². The lowest BCUT2D eigenvalue weighted by Crippen LogP contribution is -2.24. The van der Waals surface area contributed by atoms with Gasteiger partial charge in [0.25, 0.3) is 0 Å². The summed E-state index contributed by atoms with van der Waals surface area (Å²) < 4.78 is 10.6. The number of fused-ring (bicyclic) bond motifs is 1. The topological polar surface area (TPSA) is 30.5 Å². The van der Waals surface area contributed by atoms with Crippen LogP contribution in [0.15, 0.2) is 48.5 Å². The fraction of sp³-hybridized carbons (Fsp3) is 0.188. The maximum absolute atomic E-state index is 5.40. The van der Waals surface area contributed by atoms with Crippen molar-refractivity contribution in [3.63, 3.8) is 0 Å². The number of benzene rings is 2. The monoisotopic (exact) mass is 285 g/mol. The van der Waals surface area contributed by atoms with Gasteiger partial charge in [-0.2, -0.15) is 0 Å². The normalized spacial score (nSPS) is 12.2. The molecule has 2 aromatic rings. The summed E-state index contributed by atoms with van der Waals surface area (Å²) in [6, 6.07) is 16.1. The molecule has 0 unspecified atom stereocenters. The van der Waals surface area contributed by atoms with E-state index in [2.05, 4.69) is 17.4 Å². The van der Waals surface area contributed by atoms with E-state index in [0.717, 1.165) is 35.0 Å². The molecule has 0 fully saturated rings. The summed E-state index contributed by atoms with van der Waals surface area (Å²) in [6.07, 6.45) is 0.950. The molecule has 3 nitrogen and oxygen atoms in total. The first-order chi connectivity index (χ1) is 9.83. The van der Waals surface area contributed by atoms with Crippen LogP contribution in [0.2, 0.25) is 0 Å². The van der Waals surface area contributed by atoms with Crippen molar-refractivity contribution in [1.29, 1.82) is 0 Å². The van der Waals surface area contributed by atoms with Crippen molar-refractivity contribution in [2.75, 3.05) is 13.3 Å². The van der Waals surface area contributed by atoms with Gasteiger partial charge in [-0.15, -0.1) is 0 Å². The van der Waals surface area contributed by atoms with Crippen LogP contribution in [0.3, 0.4) is 0 Å². The van der Waals surface area contributed by atoms with Crippen LogP contribution in [0, 0.1) is 0 Å². The molecule has 0 spiro atoms. The van der Waals surface area contributed by atoms with Crippen LogP contribution in [0.1, 0.15) is 11.1 Å². The molecule has 0 bridgehead atoms. The fourth-order valence-electron chi connectivity index (χ4n) is 2.10. The van der Waals surface area contributed by atoms with E-state index in [0.29, 0.717) is 0 Å². The van der Waals surface area contributed by atoms with Gasteiger partial charge in [-0.05, 0) is 30.2 Å². The Morgan fingerprint density at radius 2 is 1.85 bits per heavy atom. The van der Waals surface area contributed by atoms with Crippen LogP contribution in [0.25, 0.3) is 0 Å². The molecule has 1 aliphatic heterocycles. The zero-order chi connectivity index (χ0) is 13.8. The van der Waals surface area contributed by atoms with Gasteiger partial charge >= 0.3 is 0 Å². The first-order valence-corrected chi connectivity index (χ1v) is 6.95. The van der Waals surface area contributed by atoms with Crippen molar-refractivity contribution >= 4 is 17.2 Å². The van der Waals surface area contributed by atoms with Gasteiger partial charge in [0.05, 0.1) is 0 Å². The van der Waals surface area contributed by atoms with Gasteiger partial charge in [-0.3, -0.25) is 0 Å². The predicted octanol–water partition coefficient (Wildman–Crippen LogP) is 2.92. The molecule has 0 radical (unpaired) electrons.